The molecule has 0 radical (unpaired) electrons. The second-order valence-electron chi connectivity index (χ2n) is 4.96. The Hall–Kier alpha value is -0.630. The molecule has 0 saturated carbocycles. The minimum atomic E-state index is 0.341. The molecule has 2 heteroatoms. The molecule has 102 valence electrons. The number of aryl methyl sites for hydroxylation is 1. The third-order valence-electron chi connectivity index (χ3n) is 3.22. The molecular formula is C16H26OS. The number of Topliss-reactive ketones (excluding diaryl/α,β-unsaturated/α-hetero) is 1. The van der Waals surface area contributed by atoms with Crippen LogP contribution in [0.1, 0.15) is 79.8 Å². The van der Waals surface area contributed by atoms with Crippen LogP contribution in [0, 0.1) is 0 Å². The maximum Gasteiger partial charge on any atom is 0.172 e. The van der Waals surface area contributed by atoms with Crippen LogP contribution in [0.3, 0.4) is 0 Å². The van der Waals surface area contributed by atoms with E-state index in [1.807, 2.05) is 6.07 Å². The van der Waals surface area contributed by atoms with Gasteiger partial charge in [-0.3, -0.25) is 4.79 Å². The van der Waals surface area contributed by atoms with Gasteiger partial charge in [0, 0.05) is 11.3 Å². The number of rotatable bonds is 10. The molecule has 1 rings (SSSR count). The molecule has 1 aromatic heterocycles. The van der Waals surface area contributed by atoms with Gasteiger partial charge in [-0.1, -0.05) is 46.0 Å². The van der Waals surface area contributed by atoms with E-state index in [1.54, 1.807) is 11.3 Å². The van der Waals surface area contributed by atoms with Crippen molar-refractivity contribution >= 4 is 17.1 Å². The van der Waals surface area contributed by atoms with Crippen LogP contribution in [0.25, 0.3) is 0 Å². The van der Waals surface area contributed by atoms with Crippen LogP contribution in [-0.2, 0) is 6.42 Å². The van der Waals surface area contributed by atoms with Crippen molar-refractivity contribution in [2.24, 2.45) is 0 Å². The summed E-state index contributed by atoms with van der Waals surface area (Å²) in [4.78, 5) is 14.3. The van der Waals surface area contributed by atoms with E-state index >= 15 is 0 Å². The predicted octanol–water partition coefficient (Wildman–Crippen LogP) is 5.63. The van der Waals surface area contributed by atoms with E-state index in [9.17, 15) is 4.79 Å². The van der Waals surface area contributed by atoms with Gasteiger partial charge >= 0.3 is 0 Å². The molecule has 0 aromatic carbocycles. The van der Waals surface area contributed by atoms with Gasteiger partial charge in [0.1, 0.15) is 0 Å². The lowest BCUT2D eigenvalue weighted by Gasteiger charge is -1.98. The third kappa shape index (κ3) is 5.81. The molecule has 0 aliphatic heterocycles. The zero-order valence-corrected chi connectivity index (χ0v) is 12.7. The van der Waals surface area contributed by atoms with Gasteiger partial charge in [-0.15, -0.1) is 11.3 Å². The summed E-state index contributed by atoms with van der Waals surface area (Å²) in [5, 5.41) is 0. The van der Waals surface area contributed by atoms with Gasteiger partial charge in [-0.2, -0.15) is 0 Å². The molecule has 0 saturated heterocycles. The average Bonchev–Trinajstić information content (AvgIpc) is 2.84. The number of carbonyl (C=O) groups excluding carboxylic acids is 1. The quantitative estimate of drug-likeness (QED) is 0.396. The molecule has 18 heavy (non-hydrogen) atoms. The first-order chi connectivity index (χ1) is 8.77. The zero-order valence-electron chi connectivity index (χ0n) is 11.8. The van der Waals surface area contributed by atoms with Crippen LogP contribution >= 0.6 is 11.3 Å². The van der Waals surface area contributed by atoms with Crippen LogP contribution in [0.5, 0.6) is 0 Å². The van der Waals surface area contributed by atoms with Gasteiger partial charge < -0.3 is 0 Å². The second-order valence-corrected chi connectivity index (χ2v) is 6.13. The average molecular weight is 266 g/mol. The van der Waals surface area contributed by atoms with E-state index in [0.717, 1.165) is 24.1 Å². The lowest BCUT2D eigenvalue weighted by atomic mass is 10.1. The van der Waals surface area contributed by atoms with Crippen molar-refractivity contribution in [1.29, 1.82) is 0 Å². The molecule has 1 heterocycles. The van der Waals surface area contributed by atoms with Gasteiger partial charge in [-0.25, -0.2) is 0 Å². The fraction of sp³-hybridized carbons (Fsp3) is 0.688. The first-order valence-corrected chi connectivity index (χ1v) is 8.21. The Balaban J connectivity index is 2.30. The van der Waals surface area contributed by atoms with Crippen molar-refractivity contribution in [1.82, 2.24) is 0 Å². The zero-order chi connectivity index (χ0) is 13.2. The van der Waals surface area contributed by atoms with Crippen molar-refractivity contribution in [2.45, 2.75) is 71.6 Å². The molecule has 0 unspecified atom stereocenters. The van der Waals surface area contributed by atoms with Crippen LogP contribution in [0.4, 0.5) is 0 Å². The molecule has 0 aliphatic carbocycles. The van der Waals surface area contributed by atoms with Crippen LogP contribution in [0.2, 0.25) is 0 Å². The van der Waals surface area contributed by atoms with Gasteiger partial charge in [0.05, 0.1) is 4.88 Å². The summed E-state index contributed by atoms with van der Waals surface area (Å²) >= 11 is 1.71. The summed E-state index contributed by atoms with van der Waals surface area (Å²) in [5.74, 6) is 0.341. The SMILES string of the molecule is CCCCCCc1ccc(C(=O)CCCCC)s1. The highest BCUT2D eigenvalue weighted by atomic mass is 32.1. The Labute approximate surface area is 116 Å². The monoisotopic (exact) mass is 266 g/mol. The minimum Gasteiger partial charge on any atom is -0.293 e. The number of hydrogen-bond donors (Lipinski definition) is 0. The van der Waals surface area contributed by atoms with Gasteiger partial charge in [0.15, 0.2) is 5.78 Å². The third-order valence-corrected chi connectivity index (χ3v) is 4.41. The molecule has 0 fully saturated rings. The summed E-state index contributed by atoms with van der Waals surface area (Å²) in [6, 6.07) is 4.16. The molecular weight excluding hydrogens is 240 g/mol. The van der Waals surface area contributed by atoms with Gasteiger partial charge in [0.25, 0.3) is 0 Å². The molecule has 0 bridgehead atoms. The van der Waals surface area contributed by atoms with E-state index in [1.165, 1.54) is 43.4 Å². The highest BCUT2D eigenvalue weighted by Crippen LogP contribution is 2.21. The Morgan fingerprint density at radius 3 is 2.44 bits per heavy atom. The second kappa shape index (κ2) is 9.32. The first-order valence-electron chi connectivity index (χ1n) is 7.39. The Bertz CT molecular complexity index is 341. The Morgan fingerprint density at radius 1 is 1.00 bits per heavy atom. The van der Waals surface area contributed by atoms with Crippen molar-refractivity contribution in [2.75, 3.05) is 0 Å². The van der Waals surface area contributed by atoms with Crippen molar-refractivity contribution < 1.29 is 4.79 Å². The van der Waals surface area contributed by atoms with E-state index in [2.05, 4.69) is 19.9 Å². The van der Waals surface area contributed by atoms with Crippen molar-refractivity contribution in [3.63, 3.8) is 0 Å². The van der Waals surface area contributed by atoms with E-state index in [4.69, 9.17) is 0 Å². The maximum absolute atomic E-state index is 11.9. The topological polar surface area (TPSA) is 17.1 Å². The number of unbranched alkanes of at least 4 members (excludes halogenated alkanes) is 5. The molecule has 0 spiro atoms. The van der Waals surface area contributed by atoms with E-state index in [0.29, 0.717) is 5.78 Å². The molecule has 0 aliphatic rings. The predicted molar refractivity (Wildman–Crippen MR) is 80.6 cm³/mol. The lowest BCUT2D eigenvalue weighted by molar-refractivity contribution is 0.0983. The summed E-state index contributed by atoms with van der Waals surface area (Å²) in [6.07, 6.45) is 10.4. The number of carbonyl (C=O) groups is 1. The largest absolute Gasteiger partial charge is 0.293 e. The lowest BCUT2D eigenvalue weighted by Crippen LogP contribution is -1.94. The van der Waals surface area contributed by atoms with E-state index < -0.39 is 0 Å². The summed E-state index contributed by atoms with van der Waals surface area (Å²) in [6.45, 7) is 4.41. The van der Waals surface area contributed by atoms with Crippen molar-refractivity contribution in [3.05, 3.63) is 21.9 Å². The molecule has 1 aromatic rings. The normalized spacial score (nSPS) is 10.8. The van der Waals surface area contributed by atoms with Crippen molar-refractivity contribution in [3.8, 4) is 0 Å². The van der Waals surface area contributed by atoms with E-state index in [-0.39, 0.29) is 0 Å². The summed E-state index contributed by atoms with van der Waals surface area (Å²) < 4.78 is 0. The highest BCUT2D eigenvalue weighted by Gasteiger charge is 2.08. The molecule has 0 atom stereocenters. The number of hydrogen-bond acceptors (Lipinski definition) is 2. The summed E-state index contributed by atoms with van der Waals surface area (Å²) in [5.41, 5.74) is 0. The molecule has 0 N–H and O–H groups in total. The van der Waals surface area contributed by atoms with Crippen LogP contribution in [-0.4, -0.2) is 5.78 Å². The highest BCUT2D eigenvalue weighted by molar-refractivity contribution is 7.14. The fourth-order valence-corrected chi connectivity index (χ4v) is 3.06. The Morgan fingerprint density at radius 2 is 1.72 bits per heavy atom. The fourth-order valence-electron chi connectivity index (χ4n) is 2.05. The van der Waals surface area contributed by atoms with Crippen LogP contribution < -0.4 is 0 Å². The Kier molecular flexibility index (Phi) is 7.99. The van der Waals surface area contributed by atoms with Gasteiger partial charge in [-0.05, 0) is 31.4 Å². The minimum absolute atomic E-state index is 0.341. The standard InChI is InChI=1S/C16H26OS/c1-3-5-7-9-10-14-12-13-16(18-14)15(17)11-8-6-4-2/h12-13H,3-11H2,1-2H3. The number of ketones is 1. The van der Waals surface area contributed by atoms with Gasteiger partial charge in [0.2, 0.25) is 0 Å². The summed E-state index contributed by atoms with van der Waals surface area (Å²) in [7, 11) is 0. The van der Waals surface area contributed by atoms with Crippen LogP contribution in [0.15, 0.2) is 12.1 Å². The smallest absolute Gasteiger partial charge is 0.172 e. The number of thiophene rings is 1. The first kappa shape index (κ1) is 15.4. The molecule has 1 nitrogen and oxygen atoms in total. The molecule has 0 amide bonds. The maximum atomic E-state index is 11.9.